The fourth-order valence-electron chi connectivity index (χ4n) is 5.25. The van der Waals surface area contributed by atoms with E-state index in [1.54, 1.807) is 6.07 Å². The average molecular weight is 411 g/mol. The molecule has 162 valence electrons. The van der Waals surface area contributed by atoms with Gasteiger partial charge in [-0.2, -0.15) is 0 Å². The molecular weight excluding hydrogens is 375 g/mol. The van der Waals surface area contributed by atoms with Gasteiger partial charge in [-0.05, 0) is 90.1 Å². The SMILES string of the molecule is CN.CNC1(c2[nH]c3ccccc3c2C)CCC(c2cccc(F)c2)(N(C)C)CC1. The molecule has 1 fully saturated rings. The number of halogens is 1. The molecule has 0 bridgehead atoms. The van der Waals surface area contributed by atoms with Gasteiger partial charge in [-0.3, -0.25) is 4.90 Å². The molecule has 0 aliphatic heterocycles. The third-order valence-electron chi connectivity index (χ3n) is 7.07. The molecule has 1 heterocycles. The second kappa shape index (κ2) is 8.88. The van der Waals surface area contributed by atoms with Crippen LogP contribution >= 0.6 is 0 Å². The van der Waals surface area contributed by atoms with Crippen LogP contribution in [0.2, 0.25) is 0 Å². The molecule has 3 aromatic rings. The first-order valence-electron chi connectivity index (χ1n) is 10.7. The van der Waals surface area contributed by atoms with Gasteiger partial charge in [0.25, 0.3) is 0 Å². The number of fused-ring (bicyclic) bond motifs is 1. The smallest absolute Gasteiger partial charge is 0.123 e. The van der Waals surface area contributed by atoms with E-state index >= 15 is 0 Å². The predicted octanol–water partition coefficient (Wildman–Crippen LogP) is 4.64. The number of nitrogens with two attached hydrogens (primary N) is 1. The number of benzene rings is 2. The quantitative estimate of drug-likeness (QED) is 0.587. The highest BCUT2D eigenvalue weighted by atomic mass is 19.1. The van der Waals surface area contributed by atoms with Crippen molar-refractivity contribution in [2.45, 2.75) is 43.7 Å². The first kappa shape index (κ1) is 22.5. The summed E-state index contributed by atoms with van der Waals surface area (Å²) in [5, 5.41) is 4.94. The van der Waals surface area contributed by atoms with Crippen LogP contribution in [0.15, 0.2) is 48.5 Å². The monoisotopic (exact) mass is 410 g/mol. The highest BCUT2D eigenvalue weighted by Crippen LogP contribution is 2.49. The molecule has 4 N–H and O–H groups in total. The van der Waals surface area contributed by atoms with Crippen LogP contribution in [0, 0.1) is 12.7 Å². The standard InChI is InChI=1S/C24H30FN3.CH5N/c1-17-20-10-5-6-11-21(20)27-22(17)23(26-2)12-14-24(15-13-23,28(3)4)18-8-7-9-19(25)16-18;1-2/h5-11,16,26-27H,12-15H2,1-4H3;2H2,1H3. The first-order valence-corrected chi connectivity index (χ1v) is 10.7. The van der Waals surface area contributed by atoms with Crippen molar-refractivity contribution in [2.24, 2.45) is 5.73 Å². The van der Waals surface area contributed by atoms with Crippen molar-refractivity contribution in [3.8, 4) is 0 Å². The molecule has 0 spiro atoms. The normalized spacial score (nSPS) is 24.0. The first-order chi connectivity index (χ1) is 14.4. The van der Waals surface area contributed by atoms with E-state index in [0.717, 1.165) is 31.2 Å². The summed E-state index contributed by atoms with van der Waals surface area (Å²) < 4.78 is 14.0. The van der Waals surface area contributed by atoms with E-state index in [2.05, 4.69) is 79.3 Å². The third kappa shape index (κ3) is 3.66. The molecule has 30 heavy (non-hydrogen) atoms. The van der Waals surface area contributed by atoms with Crippen LogP contribution in [0.4, 0.5) is 4.39 Å². The Morgan fingerprint density at radius 2 is 1.67 bits per heavy atom. The lowest BCUT2D eigenvalue weighted by atomic mass is 9.67. The summed E-state index contributed by atoms with van der Waals surface area (Å²) in [6, 6.07) is 15.7. The fraction of sp³-hybridized carbons (Fsp3) is 0.440. The van der Waals surface area contributed by atoms with Crippen molar-refractivity contribution in [2.75, 3.05) is 28.2 Å². The molecule has 0 radical (unpaired) electrons. The highest BCUT2D eigenvalue weighted by Gasteiger charge is 2.46. The summed E-state index contributed by atoms with van der Waals surface area (Å²) in [4.78, 5) is 5.97. The van der Waals surface area contributed by atoms with Gasteiger partial charge in [-0.1, -0.05) is 30.3 Å². The summed E-state index contributed by atoms with van der Waals surface area (Å²) in [6.45, 7) is 2.22. The van der Waals surface area contributed by atoms with Crippen molar-refractivity contribution >= 4 is 10.9 Å². The second-order valence-corrected chi connectivity index (χ2v) is 8.44. The topological polar surface area (TPSA) is 57.1 Å². The van der Waals surface area contributed by atoms with E-state index in [4.69, 9.17) is 0 Å². The van der Waals surface area contributed by atoms with E-state index in [1.807, 2.05) is 6.07 Å². The van der Waals surface area contributed by atoms with E-state index < -0.39 is 0 Å². The zero-order valence-electron chi connectivity index (χ0n) is 18.8. The van der Waals surface area contributed by atoms with Gasteiger partial charge in [0.1, 0.15) is 5.82 Å². The number of para-hydroxylation sites is 1. The lowest BCUT2D eigenvalue weighted by molar-refractivity contribution is 0.0543. The molecule has 1 saturated carbocycles. The van der Waals surface area contributed by atoms with Gasteiger partial charge >= 0.3 is 0 Å². The zero-order valence-corrected chi connectivity index (χ0v) is 18.8. The van der Waals surface area contributed by atoms with Crippen LogP contribution in [-0.2, 0) is 11.1 Å². The van der Waals surface area contributed by atoms with Gasteiger partial charge in [0.2, 0.25) is 0 Å². The van der Waals surface area contributed by atoms with Gasteiger partial charge in [-0.25, -0.2) is 4.39 Å². The predicted molar refractivity (Wildman–Crippen MR) is 124 cm³/mol. The van der Waals surface area contributed by atoms with Crippen LogP contribution in [0.1, 0.15) is 42.5 Å². The Labute approximate surface area is 179 Å². The van der Waals surface area contributed by atoms with Gasteiger partial charge in [0.05, 0.1) is 5.54 Å². The van der Waals surface area contributed by atoms with E-state index in [-0.39, 0.29) is 16.9 Å². The number of aromatic nitrogens is 1. The van der Waals surface area contributed by atoms with E-state index in [1.165, 1.54) is 35.3 Å². The lowest BCUT2D eigenvalue weighted by Crippen LogP contribution is -2.52. The number of nitrogens with one attached hydrogen (secondary N) is 2. The average Bonchev–Trinajstić information content (AvgIpc) is 3.12. The minimum atomic E-state index is -0.157. The molecule has 2 aromatic carbocycles. The highest BCUT2D eigenvalue weighted by molar-refractivity contribution is 5.84. The number of nitrogens with zero attached hydrogens (tertiary/aromatic N) is 1. The molecule has 1 aliphatic carbocycles. The summed E-state index contributed by atoms with van der Waals surface area (Å²) >= 11 is 0. The molecule has 0 unspecified atom stereocenters. The van der Waals surface area contributed by atoms with Crippen molar-refractivity contribution in [1.82, 2.24) is 15.2 Å². The zero-order chi connectivity index (χ0) is 21.9. The number of rotatable bonds is 4. The number of hydrogen-bond acceptors (Lipinski definition) is 3. The molecule has 5 heteroatoms. The summed E-state index contributed by atoms with van der Waals surface area (Å²) in [6.07, 6.45) is 3.93. The lowest BCUT2D eigenvalue weighted by Gasteiger charge is -2.50. The van der Waals surface area contributed by atoms with Crippen LogP contribution in [0.3, 0.4) is 0 Å². The van der Waals surface area contributed by atoms with Crippen LogP contribution < -0.4 is 11.1 Å². The van der Waals surface area contributed by atoms with Gasteiger partial charge in [0, 0.05) is 22.1 Å². The van der Waals surface area contributed by atoms with Crippen LogP contribution in [0.25, 0.3) is 10.9 Å². The van der Waals surface area contributed by atoms with Crippen molar-refractivity contribution in [3.05, 3.63) is 71.2 Å². The van der Waals surface area contributed by atoms with Crippen LogP contribution in [-0.4, -0.2) is 38.1 Å². The fourth-order valence-corrected chi connectivity index (χ4v) is 5.25. The molecule has 1 aromatic heterocycles. The van der Waals surface area contributed by atoms with E-state index in [9.17, 15) is 4.39 Å². The second-order valence-electron chi connectivity index (χ2n) is 8.44. The Kier molecular flexibility index (Phi) is 6.65. The maximum atomic E-state index is 14.0. The van der Waals surface area contributed by atoms with Crippen molar-refractivity contribution in [3.63, 3.8) is 0 Å². The molecule has 4 rings (SSSR count). The maximum absolute atomic E-state index is 14.0. The Bertz CT molecular complexity index is 984. The summed E-state index contributed by atoms with van der Waals surface area (Å²) in [5.74, 6) is -0.157. The Morgan fingerprint density at radius 1 is 1.00 bits per heavy atom. The largest absolute Gasteiger partial charge is 0.357 e. The molecule has 4 nitrogen and oxygen atoms in total. The van der Waals surface area contributed by atoms with Gasteiger partial charge in [0.15, 0.2) is 0 Å². The minimum absolute atomic E-state index is 0.0874. The van der Waals surface area contributed by atoms with E-state index in [0.29, 0.717) is 0 Å². The Hall–Kier alpha value is -2.21. The third-order valence-corrected chi connectivity index (χ3v) is 7.07. The minimum Gasteiger partial charge on any atom is -0.357 e. The Balaban J connectivity index is 0.00000124. The van der Waals surface area contributed by atoms with Crippen molar-refractivity contribution in [1.29, 1.82) is 0 Å². The van der Waals surface area contributed by atoms with Crippen molar-refractivity contribution < 1.29 is 4.39 Å². The molecule has 0 saturated heterocycles. The molecule has 0 atom stereocenters. The summed E-state index contributed by atoms with van der Waals surface area (Å²) in [7, 11) is 7.80. The van der Waals surface area contributed by atoms with Gasteiger partial charge < -0.3 is 16.0 Å². The number of H-pyrrole nitrogens is 1. The maximum Gasteiger partial charge on any atom is 0.123 e. The van der Waals surface area contributed by atoms with Gasteiger partial charge in [-0.15, -0.1) is 0 Å². The molecule has 0 amide bonds. The van der Waals surface area contributed by atoms with Crippen LogP contribution in [0.5, 0.6) is 0 Å². The number of aryl methyl sites for hydroxylation is 1. The summed E-state index contributed by atoms with van der Waals surface area (Å²) in [5.41, 5.74) is 9.17. The molecule has 1 aliphatic rings. The number of hydrogen-bond donors (Lipinski definition) is 3. The Morgan fingerprint density at radius 3 is 2.23 bits per heavy atom. The number of aromatic amines is 1. The molecular formula is C25H35FN4.